The van der Waals surface area contributed by atoms with E-state index in [4.69, 9.17) is 30.4 Å². The van der Waals surface area contributed by atoms with Crippen LogP contribution < -0.4 is 11.5 Å². The van der Waals surface area contributed by atoms with Gasteiger partial charge in [0.1, 0.15) is 36.1 Å². The van der Waals surface area contributed by atoms with Crippen LogP contribution in [0.15, 0.2) is 109 Å². The minimum absolute atomic E-state index is 0.0373. The molecule has 3 aliphatic heterocycles. The Morgan fingerprint density at radius 1 is 0.782 bits per heavy atom. The molecule has 20 nitrogen and oxygen atoms in total. The van der Waals surface area contributed by atoms with E-state index in [1.165, 1.54) is 6.08 Å². The zero-order valence-corrected chi connectivity index (χ0v) is 44.7. The number of Topliss-reactive ketones (excluding diaryl/α,β-unsaturated/α-hetero) is 3. The molecule has 3 heterocycles. The summed E-state index contributed by atoms with van der Waals surface area (Å²) < 4.78 is 23.5. The normalized spacial score (nSPS) is 36.3. The van der Waals surface area contributed by atoms with Crippen molar-refractivity contribution in [2.45, 2.75) is 190 Å². The number of esters is 1. The van der Waals surface area contributed by atoms with Crippen LogP contribution in [-0.4, -0.2) is 161 Å². The summed E-state index contributed by atoms with van der Waals surface area (Å²) >= 11 is 0. The first kappa shape index (κ1) is 65.2. The summed E-state index contributed by atoms with van der Waals surface area (Å²) in [7, 11) is 0. The molecule has 13 N–H and O–H groups in total. The van der Waals surface area contributed by atoms with E-state index >= 15 is 0 Å². The van der Waals surface area contributed by atoms with Crippen LogP contribution in [-0.2, 0) is 38.1 Å². The predicted octanol–water partition coefficient (Wildman–Crippen LogP) is 3.52. The zero-order chi connectivity index (χ0) is 57.5. The largest absolute Gasteiger partial charge is 0.481 e. The third-order valence-electron chi connectivity index (χ3n) is 14.0. The van der Waals surface area contributed by atoms with E-state index in [9.17, 15) is 69.9 Å². The van der Waals surface area contributed by atoms with Gasteiger partial charge in [0.15, 0.2) is 17.9 Å². The average Bonchev–Trinajstić information content (AvgIpc) is 3.35. The van der Waals surface area contributed by atoms with Gasteiger partial charge in [-0.3, -0.25) is 24.0 Å². The van der Waals surface area contributed by atoms with Gasteiger partial charge in [-0.1, -0.05) is 112 Å². The maximum Gasteiger partial charge on any atom is 0.313 e. The quantitative estimate of drug-likeness (QED) is 0.0691. The van der Waals surface area contributed by atoms with E-state index in [0.29, 0.717) is 30.5 Å². The van der Waals surface area contributed by atoms with Crippen molar-refractivity contribution in [3.63, 3.8) is 0 Å². The van der Waals surface area contributed by atoms with Gasteiger partial charge in [-0.05, 0) is 56.4 Å². The van der Waals surface area contributed by atoms with Crippen molar-refractivity contribution >= 4 is 35.0 Å². The van der Waals surface area contributed by atoms with E-state index in [1.54, 1.807) is 124 Å². The topological polar surface area (TPSA) is 356 Å². The number of aliphatic carboxylic acids is 1. The van der Waals surface area contributed by atoms with Crippen molar-refractivity contribution < 1.29 is 88.9 Å². The number of ketones is 3. The second-order valence-corrected chi connectivity index (χ2v) is 20.8. The number of benzene rings is 1. The van der Waals surface area contributed by atoms with Gasteiger partial charge in [0.2, 0.25) is 0 Å². The number of carboxylic acid groups (broad SMARTS) is 1. The maximum absolute atomic E-state index is 13.2. The highest BCUT2D eigenvalue weighted by Crippen LogP contribution is 2.38. The second kappa shape index (κ2) is 32.7. The van der Waals surface area contributed by atoms with Crippen LogP contribution in [0.5, 0.6) is 0 Å². The van der Waals surface area contributed by atoms with Crippen LogP contribution in [0, 0.1) is 17.8 Å². The van der Waals surface area contributed by atoms with Crippen LogP contribution in [0.2, 0.25) is 0 Å². The van der Waals surface area contributed by atoms with Crippen molar-refractivity contribution in [2.24, 2.45) is 23.5 Å². The van der Waals surface area contributed by atoms with Gasteiger partial charge < -0.3 is 76.4 Å². The predicted molar refractivity (Wildman–Crippen MR) is 288 cm³/mol. The number of ether oxygens (including phenoxy) is 4. The fourth-order valence-electron chi connectivity index (χ4n) is 9.56. The Morgan fingerprint density at radius 2 is 1.37 bits per heavy atom. The lowest BCUT2D eigenvalue weighted by molar-refractivity contribution is -0.308. The molecule has 0 saturated carbocycles. The van der Waals surface area contributed by atoms with E-state index < -0.39 is 146 Å². The standard InChI is InChI=1S/C58H82N2O18/c1-35-19-15-12-10-8-6-4-5-7-9-11-13-18-22-44(76-57-54(71)52(60)53(70)37(3)75-57)31-49-51(56(72)73)48(68)34-58(74,78-49)33-41(62)21-17-14-16-20-40(61)28-42(63)29-43(64)30-50(69)77-55(35)47(67)27-36(2)45(65)32-46(66)38-23-25-39(59)26-24-38/h4-13,15,18-19,22-26,35-37,41-42,44-45,47-49,51-55,57,62-63,65,67-68,70-71,74H,14,16-17,20-21,27-34,59-60H2,1-3H3,(H,72,73)/b5-4-,8-6-,9-7-,12-10-,13-11-,19-15-,22-18-/t35-,36-,37-,41+,42?,44-,45-,47-,48-,49-,51+,52+,53-,54+,55?,57-,58+/m0/s1. The minimum Gasteiger partial charge on any atom is -0.481 e. The monoisotopic (exact) mass is 1090 g/mol. The number of nitrogens with two attached hydrogens (primary N) is 2. The molecule has 432 valence electrons. The van der Waals surface area contributed by atoms with Crippen LogP contribution in [0.4, 0.5) is 5.69 Å². The first-order chi connectivity index (χ1) is 37.0. The Kier molecular flexibility index (Phi) is 27.3. The summed E-state index contributed by atoms with van der Waals surface area (Å²) in [6.07, 6.45) is 6.77. The zero-order valence-electron chi connectivity index (χ0n) is 44.7. The molecule has 17 atom stereocenters. The summed E-state index contributed by atoms with van der Waals surface area (Å²) in [5.41, 5.74) is 12.6. The van der Waals surface area contributed by atoms with Crippen LogP contribution in [0.1, 0.15) is 115 Å². The van der Waals surface area contributed by atoms with Crippen molar-refractivity contribution in [1.82, 2.24) is 0 Å². The Balaban J connectivity index is 1.52. The third-order valence-corrected chi connectivity index (χ3v) is 14.0. The lowest BCUT2D eigenvalue weighted by Crippen LogP contribution is -2.61. The summed E-state index contributed by atoms with van der Waals surface area (Å²) in [6, 6.07) is 5.12. The van der Waals surface area contributed by atoms with Gasteiger partial charge >= 0.3 is 11.9 Å². The highest BCUT2D eigenvalue weighted by Gasteiger charge is 2.51. The SMILES string of the molecule is C[C@@H]1O[C@@H](O[C@H]2\C=C/C=C\C=C/C=C\C=C/C=C\C=C/[C@H](C)C([C@@H](O)C[C@H](C)[C@@H](O)CC(=O)c3ccc(N)cc3)OC(=O)CC(=O)CC(O)CC(=O)CCCCC[C@@H](O)C[C@]3(O)C[C@H](O)[C@@H](C(=O)O)[C@H](C2)O3)[C@H](O)[C@H](N)[C@H]1O. The molecule has 0 radical (unpaired) electrons. The van der Waals surface area contributed by atoms with E-state index in [0.717, 1.165) is 0 Å². The number of allylic oxidation sites excluding steroid dienone is 12. The average molecular weight is 1100 g/mol. The van der Waals surface area contributed by atoms with Crippen LogP contribution >= 0.6 is 0 Å². The Bertz CT molecular complexity index is 2300. The summed E-state index contributed by atoms with van der Waals surface area (Å²) in [6.45, 7) is 4.89. The van der Waals surface area contributed by atoms with Gasteiger partial charge in [0, 0.05) is 62.1 Å². The first-order valence-electron chi connectivity index (χ1n) is 26.7. The Morgan fingerprint density at radius 3 is 1.99 bits per heavy atom. The number of aliphatic hydroxyl groups excluding tert-OH is 7. The molecule has 3 aliphatic rings. The van der Waals surface area contributed by atoms with Gasteiger partial charge in [0.05, 0.1) is 61.0 Å². The number of nitrogen functional groups attached to an aromatic ring is 1. The molecule has 4 rings (SSSR count). The lowest BCUT2D eigenvalue weighted by atomic mass is 9.83. The van der Waals surface area contributed by atoms with Crippen molar-refractivity contribution in [3.05, 3.63) is 115 Å². The van der Waals surface area contributed by atoms with Gasteiger partial charge in [-0.25, -0.2) is 0 Å². The fourth-order valence-corrected chi connectivity index (χ4v) is 9.56. The number of hydrogen-bond donors (Lipinski definition) is 11. The number of fused-ring (bicyclic) bond motifs is 2. The van der Waals surface area contributed by atoms with Crippen molar-refractivity contribution in [3.8, 4) is 0 Å². The van der Waals surface area contributed by atoms with Crippen molar-refractivity contribution in [1.29, 1.82) is 0 Å². The molecule has 2 bridgehead atoms. The summed E-state index contributed by atoms with van der Waals surface area (Å²) in [5, 5.41) is 98.2. The van der Waals surface area contributed by atoms with Crippen molar-refractivity contribution in [2.75, 3.05) is 5.73 Å². The smallest absolute Gasteiger partial charge is 0.313 e. The third kappa shape index (κ3) is 22.1. The highest BCUT2D eigenvalue weighted by atomic mass is 16.7. The number of carbonyl (C=O) groups excluding carboxylic acids is 4. The number of rotatable bonds is 10. The molecule has 0 aromatic heterocycles. The molecule has 20 heteroatoms. The number of hydrogen-bond acceptors (Lipinski definition) is 19. The molecule has 0 amide bonds. The molecule has 2 unspecified atom stereocenters. The highest BCUT2D eigenvalue weighted by molar-refractivity contribution is 5.97. The summed E-state index contributed by atoms with van der Waals surface area (Å²) in [4.78, 5) is 64.3. The molecule has 0 spiro atoms. The number of anilines is 1. The van der Waals surface area contributed by atoms with Crippen LogP contribution in [0.3, 0.4) is 0 Å². The Hall–Kier alpha value is -5.33. The second-order valence-electron chi connectivity index (χ2n) is 20.8. The van der Waals surface area contributed by atoms with E-state index in [-0.39, 0.29) is 50.1 Å². The molecular weight excluding hydrogens is 1010 g/mol. The molecule has 2 fully saturated rings. The maximum atomic E-state index is 13.2. The van der Waals surface area contributed by atoms with Gasteiger partial charge in [-0.2, -0.15) is 0 Å². The number of carbonyl (C=O) groups is 5. The Labute approximate surface area is 456 Å². The number of aliphatic hydroxyl groups is 8. The number of carboxylic acids is 1. The molecular formula is C58H82N2O18. The molecule has 78 heavy (non-hydrogen) atoms. The van der Waals surface area contributed by atoms with E-state index in [1.807, 2.05) is 0 Å². The first-order valence-corrected chi connectivity index (χ1v) is 26.7. The lowest BCUT2D eigenvalue weighted by Gasteiger charge is -2.45. The summed E-state index contributed by atoms with van der Waals surface area (Å²) in [5.74, 6) is -8.69. The van der Waals surface area contributed by atoms with Crippen LogP contribution in [0.25, 0.3) is 0 Å². The molecule has 1 aromatic carbocycles. The molecule has 1 aromatic rings. The minimum atomic E-state index is -2.17. The van der Waals surface area contributed by atoms with E-state index in [2.05, 4.69) is 0 Å². The van der Waals surface area contributed by atoms with Gasteiger partial charge in [-0.15, -0.1) is 0 Å². The molecule has 0 aliphatic carbocycles. The number of cyclic esters (lactones) is 1. The van der Waals surface area contributed by atoms with Gasteiger partial charge in [0.25, 0.3) is 0 Å². The fraction of sp³-hybridized carbons (Fsp3) is 0.569. The molecule has 2 saturated heterocycles.